The SMILES string of the molecule is CN(C)C(=O)CCN1CC(CN)CC1=O. The van der Waals surface area contributed by atoms with Gasteiger partial charge in [-0.1, -0.05) is 0 Å². The van der Waals surface area contributed by atoms with E-state index in [1.54, 1.807) is 23.9 Å². The highest BCUT2D eigenvalue weighted by atomic mass is 16.2. The number of carbonyl (C=O) groups is 2. The molecule has 1 fully saturated rings. The van der Waals surface area contributed by atoms with Gasteiger partial charge in [0.15, 0.2) is 0 Å². The average molecular weight is 213 g/mol. The fraction of sp³-hybridized carbons (Fsp3) is 0.800. The zero-order valence-electron chi connectivity index (χ0n) is 9.40. The molecule has 0 aromatic carbocycles. The smallest absolute Gasteiger partial charge is 0.223 e. The topological polar surface area (TPSA) is 66.6 Å². The third kappa shape index (κ3) is 3.20. The van der Waals surface area contributed by atoms with E-state index in [0.717, 1.165) is 0 Å². The van der Waals surface area contributed by atoms with Crippen molar-refractivity contribution in [3.8, 4) is 0 Å². The number of likely N-dealkylation sites (tertiary alicyclic amines) is 1. The van der Waals surface area contributed by atoms with Gasteiger partial charge in [-0.2, -0.15) is 0 Å². The normalized spacial score (nSPS) is 20.9. The van der Waals surface area contributed by atoms with Crippen LogP contribution >= 0.6 is 0 Å². The second kappa shape index (κ2) is 5.11. The van der Waals surface area contributed by atoms with Gasteiger partial charge in [-0.3, -0.25) is 9.59 Å². The lowest BCUT2D eigenvalue weighted by Crippen LogP contribution is -2.31. The highest BCUT2D eigenvalue weighted by molar-refractivity contribution is 5.80. The molecule has 1 atom stereocenters. The Balaban J connectivity index is 2.34. The minimum Gasteiger partial charge on any atom is -0.349 e. The molecule has 5 heteroatoms. The van der Waals surface area contributed by atoms with E-state index >= 15 is 0 Å². The maximum Gasteiger partial charge on any atom is 0.223 e. The Kier molecular flexibility index (Phi) is 4.08. The molecule has 1 saturated heterocycles. The van der Waals surface area contributed by atoms with Crippen LogP contribution in [-0.4, -0.2) is 55.3 Å². The summed E-state index contributed by atoms with van der Waals surface area (Å²) in [5, 5.41) is 0. The monoisotopic (exact) mass is 213 g/mol. The van der Waals surface area contributed by atoms with Crippen LogP contribution in [0.25, 0.3) is 0 Å². The van der Waals surface area contributed by atoms with Crippen LogP contribution in [0.5, 0.6) is 0 Å². The standard InChI is InChI=1S/C10H19N3O2/c1-12(2)9(14)3-4-13-7-8(6-11)5-10(13)15/h8H,3-7,11H2,1-2H3. The molecule has 0 aliphatic carbocycles. The Hall–Kier alpha value is -1.10. The molecule has 0 bridgehead atoms. The number of nitrogens with two attached hydrogens (primary N) is 1. The summed E-state index contributed by atoms with van der Waals surface area (Å²) in [5.74, 6) is 0.447. The Morgan fingerprint density at radius 2 is 2.27 bits per heavy atom. The summed E-state index contributed by atoms with van der Waals surface area (Å²) < 4.78 is 0. The Labute approximate surface area is 90.2 Å². The first-order valence-corrected chi connectivity index (χ1v) is 5.22. The van der Waals surface area contributed by atoms with Crippen molar-refractivity contribution in [3.63, 3.8) is 0 Å². The number of hydrogen-bond donors (Lipinski definition) is 1. The molecule has 1 aliphatic rings. The predicted molar refractivity (Wildman–Crippen MR) is 57.1 cm³/mol. The second-order valence-electron chi connectivity index (χ2n) is 4.18. The van der Waals surface area contributed by atoms with Crippen LogP contribution in [0, 0.1) is 5.92 Å². The molecule has 86 valence electrons. The van der Waals surface area contributed by atoms with Gasteiger partial charge in [-0.05, 0) is 12.5 Å². The van der Waals surface area contributed by atoms with Gasteiger partial charge in [0.1, 0.15) is 0 Å². The van der Waals surface area contributed by atoms with Crippen molar-refractivity contribution in [1.29, 1.82) is 0 Å². The van der Waals surface area contributed by atoms with Gasteiger partial charge in [0.25, 0.3) is 0 Å². The van der Waals surface area contributed by atoms with Crippen LogP contribution < -0.4 is 5.73 Å². The zero-order valence-corrected chi connectivity index (χ0v) is 9.40. The maximum absolute atomic E-state index is 11.5. The van der Waals surface area contributed by atoms with Crippen LogP contribution in [0.15, 0.2) is 0 Å². The fourth-order valence-corrected chi connectivity index (χ4v) is 1.68. The highest BCUT2D eigenvalue weighted by Crippen LogP contribution is 2.16. The molecule has 1 unspecified atom stereocenters. The molecule has 0 saturated carbocycles. The Morgan fingerprint density at radius 1 is 1.60 bits per heavy atom. The summed E-state index contributed by atoms with van der Waals surface area (Å²) in [5.41, 5.74) is 5.51. The van der Waals surface area contributed by atoms with Crippen molar-refractivity contribution in [3.05, 3.63) is 0 Å². The maximum atomic E-state index is 11.5. The van der Waals surface area contributed by atoms with Crippen molar-refractivity contribution in [1.82, 2.24) is 9.80 Å². The number of carbonyl (C=O) groups excluding carboxylic acids is 2. The second-order valence-corrected chi connectivity index (χ2v) is 4.18. The van der Waals surface area contributed by atoms with Crippen molar-refractivity contribution in [2.45, 2.75) is 12.8 Å². The van der Waals surface area contributed by atoms with Gasteiger partial charge in [0.2, 0.25) is 11.8 Å². The predicted octanol–water partition coefficient (Wildman–Crippen LogP) is -0.728. The summed E-state index contributed by atoms with van der Waals surface area (Å²) in [6.07, 6.45) is 0.933. The van der Waals surface area contributed by atoms with Gasteiger partial charge >= 0.3 is 0 Å². The van der Waals surface area contributed by atoms with Crippen molar-refractivity contribution in [2.24, 2.45) is 11.7 Å². The fourth-order valence-electron chi connectivity index (χ4n) is 1.68. The number of rotatable bonds is 4. The quantitative estimate of drug-likeness (QED) is 0.669. The van der Waals surface area contributed by atoms with E-state index in [0.29, 0.717) is 32.5 Å². The van der Waals surface area contributed by atoms with E-state index in [4.69, 9.17) is 5.73 Å². The van der Waals surface area contributed by atoms with Crippen molar-refractivity contribution >= 4 is 11.8 Å². The van der Waals surface area contributed by atoms with E-state index in [1.807, 2.05) is 0 Å². The molecule has 0 radical (unpaired) electrons. The van der Waals surface area contributed by atoms with Gasteiger partial charge < -0.3 is 15.5 Å². The molecule has 15 heavy (non-hydrogen) atoms. The lowest BCUT2D eigenvalue weighted by molar-refractivity contribution is -0.131. The molecule has 5 nitrogen and oxygen atoms in total. The summed E-state index contributed by atoms with van der Waals surface area (Å²) in [6, 6.07) is 0. The largest absolute Gasteiger partial charge is 0.349 e. The van der Waals surface area contributed by atoms with Gasteiger partial charge in [0.05, 0.1) is 0 Å². The van der Waals surface area contributed by atoms with Crippen LogP contribution in [0.3, 0.4) is 0 Å². The molecule has 1 aliphatic heterocycles. The molecular weight excluding hydrogens is 194 g/mol. The molecular formula is C10H19N3O2. The number of hydrogen-bond acceptors (Lipinski definition) is 3. The molecule has 0 spiro atoms. The summed E-state index contributed by atoms with van der Waals surface area (Å²) in [6.45, 7) is 1.77. The van der Waals surface area contributed by atoms with E-state index in [1.165, 1.54) is 0 Å². The molecule has 0 aromatic heterocycles. The van der Waals surface area contributed by atoms with Crippen LogP contribution in [0.4, 0.5) is 0 Å². The number of nitrogens with zero attached hydrogens (tertiary/aromatic N) is 2. The minimum absolute atomic E-state index is 0.0546. The molecule has 0 aromatic rings. The summed E-state index contributed by atoms with van der Waals surface area (Å²) >= 11 is 0. The number of amides is 2. The third-order valence-electron chi connectivity index (χ3n) is 2.72. The van der Waals surface area contributed by atoms with Gasteiger partial charge in [-0.15, -0.1) is 0 Å². The van der Waals surface area contributed by atoms with E-state index in [9.17, 15) is 9.59 Å². The van der Waals surface area contributed by atoms with Crippen LogP contribution in [-0.2, 0) is 9.59 Å². The first-order valence-electron chi connectivity index (χ1n) is 5.22. The van der Waals surface area contributed by atoms with E-state index in [2.05, 4.69) is 0 Å². The molecule has 2 amide bonds. The van der Waals surface area contributed by atoms with Gasteiger partial charge in [0, 0.05) is 40.0 Å². The summed E-state index contributed by atoms with van der Waals surface area (Å²) in [4.78, 5) is 26.1. The molecule has 1 rings (SSSR count). The zero-order chi connectivity index (χ0) is 11.4. The first kappa shape index (κ1) is 12.0. The van der Waals surface area contributed by atoms with Crippen LogP contribution in [0.2, 0.25) is 0 Å². The molecule has 1 heterocycles. The lowest BCUT2D eigenvalue weighted by atomic mass is 10.1. The highest BCUT2D eigenvalue weighted by Gasteiger charge is 2.28. The van der Waals surface area contributed by atoms with Crippen molar-refractivity contribution < 1.29 is 9.59 Å². The minimum atomic E-state index is 0.0546. The Morgan fingerprint density at radius 3 is 2.73 bits per heavy atom. The van der Waals surface area contributed by atoms with Crippen molar-refractivity contribution in [2.75, 3.05) is 33.7 Å². The van der Waals surface area contributed by atoms with E-state index < -0.39 is 0 Å². The third-order valence-corrected chi connectivity index (χ3v) is 2.72. The Bertz CT molecular complexity index is 253. The molecule has 2 N–H and O–H groups in total. The van der Waals surface area contributed by atoms with Gasteiger partial charge in [-0.25, -0.2) is 0 Å². The van der Waals surface area contributed by atoms with E-state index in [-0.39, 0.29) is 17.7 Å². The average Bonchev–Trinajstić information content (AvgIpc) is 2.55. The first-order chi connectivity index (χ1) is 7.04. The summed E-state index contributed by atoms with van der Waals surface area (Å²) in [7, 11) is 3.44. The van der Waals surface area contributed by atoms with Crippen LogP contribution in [0.1, 0.15) is 12.8 Å². The lowest BCUT2D eigenvalue weighted by Gasteiger charge is -2.17.